The van der Waals surface area contributed by atoms with Crippen LogP contribution in [-0.2, 0) is 11.3 Å². The molecule has 0 amide bonds. The summed E-state index contributed by atoms with van der Waals surface area (Å²) >= 11 is 8.14. The van der Waals surface area contributed by atoms with Gasteiger partial charge in [0.25, 0.3) is 0 Å². The van der Waals surface area contributed by atoms with Crippen molar-refractivity contribution in [2.75, 3.05) is 36.5 Å². The van der Waals surface area contributed by atoms with Crippen LogP contribution < -0.4 is 15.0 Å². The van der Waals surface area contributed by atoms with Crippen LogP contribution in [0, 0.1) is 5.82 Å². The number of thiophene rings is 1. The van der Waals surface area contributed by atoms with E-state index < -0.39 is 0 Å². The number of hydrogen-bond donors (Lipinski definition) is 1. The number of hydrogen-bond acceptors (Lipinski definition) is 7. The van der Waals surface area contributed by atoms with Crippen molar-refractivity contribution in [2.45, 2.75) is 6.61 Å². The smallest absolute Gasteiger partial charge is 0.151 e. The van der Waals surface area contributed by atoms with Crippen LogP contribution >= 0.6 is 22.9 Å². The summed E-state index contributed by atoms with van der Waals surface area (Å²) in [6.07, 6.45) is 1.56. The van der Waals surface area contributed by atoms with Crippen LogP contribution in [-0.4, -0.2) is 36.3 Å². The lowest BCUT2D eigenvalue weighted by atomic mass is 10.1. The Kier molecular flexibility index (Phi) is 7.09. The summed E-state index contributed by atoms with van der Waals surface area (Å²) in [6.45, 7) is 3.52. The lowest BCUT2D eigenvalue weighted by Gasteiger charge is -2.29. The van der Waals surface area contributed by atoms with E-state index in [9.17, 15) is 4.39 Å². The van der Waals surface area contributed by atoms with Crippen molar-refractivity contribution < 1.29 is 13.9 Å². The van der Waals surface area contributed by atoms with Gasteiger partial charge in [-0.3, -0.25) is 0 Å². The van der Waals surface area contributed by atoms with Crippen LogP contribution in [0.3, 0.4) is 0 Å². The van der Waals surface area contributed by atoms with Gasteiger partial charge in [-0.1, -0.05) is 35.9 Å². The molecule has 6 rings (SSSR count). The lowest BCUT2D eigenvalue weighted by molar-refractivity contribution is 0.122. The Hall–Kier alpha value is -3.72. The molecule has 0 radical (unpaired) electrons. The van der Waals surface area contributed by atoms with Gasteiger partial charge in [-0.05, 0) is 59.7 Å². The van der Waals surface area contributed by atoms with Crippen LogP contribution in [0.1, 0.15) is 5.56 Å². The second kappa shape index (κ2) is 10.9. The fourth-order valence-electron chi connectivity index (χ4n) is 4.38. The Morgan fingerprint density at radius 3 is 2.71 bits per heavy atom. The summed E-state index contributed by atoms with van der Waals surface area (Å²) in [7, 11) is 0. The molecule has 1 N–H and O–H groups in total. The summed E-state index contributed by atoms with van der Waals surface area (Å²) in [5.41, 5.74) is 4.72. The van der Waals surface area contributed by atoms with Crippen molar-refractivity contribution >= 4 is 50.3 Å². The highest BCUT2D eigenvalue weighted by Crippen LogP contribution is 2.38. The molecule has 38 heavy (non-hydrogen) atoms. The first-order chi connectivity index (χ1) is 18.6. The molecule has 5 aromatic rings. The predicted octanol–water partition coefficient (Wildman–Crippen LogP) is 7.31. The van der Waals surface area contributed by atoms with E-state index in [2.05, 4.69) is 50.5 Å². The number of ether oxygens (including phenoxy) is 2. The Morgan fingerprint density at radius 2 is 1.87 bits per heavy atom. The van der Waals surface area contributed by atoms with Crippen molar-refractivity contribution in [2.24, 2.45) is 0 Å². The van der Waals surface area contributed by atoms with Gasteiger partial charge in [0.1, 0.15) is 24.5 Å². The van der Waals surface area contributed by atoms with E-state index in [4.69, 9.17) is 21.1 Å². The number of anilines is 3. The molecule has 1 aliphatic rings. The maximum atomic E-state index is 13.4. The monoisotopic (exact) mass is 546 g/mol. The standard InChI is InChI=1S/C29H24ClFN4O2S/c30-24-15-22(7-8-26(24)37-17-19-3-1-5-21(31)13-19)34-29-28-25(32-18-33-29)16-27(38-28)20-4-2-6-23(14-20)35-9-11-36-12-10-35/h1-8,13-16,18H,9-12,17H2,(H,32,33,34). The predicted molar refractivity (Wildman–Crippen MR) is 151 cm³/mol. The molecule has 0 atom stereocenters. The average Bonchev–Trinajstić information content (AvgIpc) is 3.39. The molecule has 3 heterocycles. The van der Waals surface area contributed by atoms with Crippen molar-refractivity contribution in [3.8, 4) is 16.2 Å². The second-order valence-electron chi connectivity index (χ2n) is 8.89. The Labute approximate surface area is 228 Å². The molecule has 0 aliphatic carbocycles. The van der Waals surface area contributed by atoms with Gasteiger partial charge < -0.3 is 19.7 Å². The minimum atomic E-state index is -0.297. The molecular formula is C29H24ClFN4O2S. The van der Waals surface area contributed by atoms with Crippen LogP contribution in [0.15, 0.2) is 79.1 Å². The zero-order chi connectivity index (χ0) is 25.9. The molecule has 6 nitrogen and oxygen atoms in total. The summed E-state index contributed by atoms with van der Waals surface area (Å²) in [4.78, 5) is 12.5. The number of halogens is 2. The van der Waals surface area contributed by atoms with Crippen molar-refractivity contribution in [3.63, 3.8) is 0 Å². The van der Waals surface area contributed by atoms with Gasteiger partial charge in [0.15, 0.2) is 5.82 Å². The van der Waals surface area contributed by atoms with Crippen LogP contribution in [0.4, 0.5) is 21.6 Å². The molecule has 1 saturated heterocycles. The molecule has 0 bridgehead atoms. The Morgan fingerprint density at radius 1 is 1.00 bits per heavy atom. The molecule has 192 valence electrons. The third-order valence-electron chi connectivity index (χ3n) is 6.30. The number of fused-ring (bicyclic) bond motifs is 1. The van der Waals surface area contributed by atoms with Crippen molar-refractivity contribution in [1.29, 1.82) is 0 Å². The largest absolute Gasteiger partial charge is 0.487 e. The van der Waals surface area contributed by atoms with Gasteiger partial charge in [0, 0.05) is 29.3 Å². The third kappa shape index (κ3) is 5.43. The quantitative estimate of drug-likeness (QED) is 0.231. The summed E-state index contributed by atoms with van der Waals surface area (Å²) < 4.78 is 25.7. The van der Waals surface area contributed by atoms with E-state index in [1.54, 1.807) is 41.9 Å². The molecule has 1 aliphatic heterocycles. The number of nitrogens with one attached hydrogen (secondary N) is 1. The van der Waals surface area contributed by atoms with Crippen LogP contribution in [0.5, 0.6) is 5.75 Å². The number of benzene rings is 3. The minimum absolute atomic E-state index is 0.224. The molecular weight excluding hydrogens is 523 g/mol. The first-order valence-electron chi connectivity index (χ1n) is 12.2. The number of rotatable bonds is 7. The summed E-state index contributed by atoms with van der Waals surface area (Å²) in [5.74, 6) is 0.933. The first-order valence-corrected chi connectivity index (χ1v) is 13.4. The zero-order valence-electron chi connectivity index (χ0n) is 20.4. The topological polar surface area (TPSA) is 59.5 Å². The van der Waals surface area contributed by atoms with E-state index in [1.165, 1.54) is 17.8 Å². The highest BCUT2D eigenvalue weighted by atomic mass is 35.5. The van der Waals surface area contributed by atoms with Gasteiger partial charge >= 0.3 is 0 Å². The fourth-order valence-corrected chi connectivity index (χ4v) is 5.67. The van der Waals surface area contributed by atoms with E-state index in [0.29, 0.717) is 16.6 Å². The molecule has 2 aromatic heterocycles. The normalized spacial score (nSPS) is 13.6. The van der Waals surface area contributed by atoms with E-state index in [0.717, 1.165) is 58.2 Å². The Bertz CT molecular complexity index is 1590. The second-order valence-corrected chi connectivity index (χ2v) is 10.3. The first kappa shape index (κ1) is 24.6. The maximum absolute atomic E-state index is 13.4. The van der Waals surface area contributed by atoms with Crippen LogP contribution in [0.25, 0.3) is 20.7 Å². The van der Waals surface area contributed by atoms with Crippen molar-refractivity contribution in [1.82, 2.24) is 9.97 Å². The van der Waals surface area contributed by atoms with Crippen molar-refractivity contribution in [3.05, 3.63) is 95.5 Å². The maximum Gasteiger partial charge on any atom is 0.151 e. The highest BCUT2D eigenvalue weighted by molar-refractivity contribution is 7.22. The summed E-state index contributed by atoms with van der Waals surface area (Å²) in [5, 5.41) is 3.82. The molecule has 9 heteroatoms. The molecule has 3 aromatic carbocycles. The third-order valence-corrected chi connectivity index (χ3v) is 7.77. The molecule has 1 fully saturated rings. The highest BCUT2D eigenvalue weighted by Gasteiger charge is 2.15. The van der Waals surface area contributed by atoms with Gasteiger partial charge in [0.2, 0.25) is 0 Å². The van der Waals surface area contributed by atoms with Gasteiger partial charge in [0.05, 0.1) is 28.5 Å². The fraction of sp³-hybridized carbons (Fsp3) is 0.172. The number of nitrogens with zero attached hydrogens (tertiary/aromatic N) is 3. The van der Waals surface area contributed by atoms with E-state index >= 15 is 0 Å². The molecule has 0 spiro atoms. The Balaban J connectivity index is 1.21. The molecule has 0 unspecified atom stereocenters. The summed E-state index contributed by atoms with van der Waals surface area (Å²) in [6, 6.07) is 22.4. The zero-order valence-corrected chi connectivity index (χ0v) is 21.9. The SMILES string of the molecule is Fc1cccc(COc2ccc(Nc3ncnc4cc(-c5cccc(N6CCOCC6)c5)sc34)cc2Cl)c1. The number of aromatic nitrogens is 2. The van der Waals surface area contributed by atoms with Gasteiger partial charge in [-0.2, -0.15) is 0 Å². The molecule has 0 saturated carbocycles. The van der Waals surface area contributed by atoms with E-state index in [1.807, 2.05) is 6.07 Å². The van der Waals surface area contributed by atoms with E-state index in [-0.39, 0.29) is 12.4 Å². The minimum Gasteiger partial charge on any atom is -0.487 e. The van der Waals surface area contributed by atoms with Gasteiger partial charge in [-0.15, -0.1) is 11.3 Å². The average molecular weight is 547 g/mol. The number of morpholine rings is 1. The van der Waals surface area contributed by atoms with Crippen LogP contribution in [0.2, 0.25) is 5.02 Å². The van der Waals surface area contributed by atoms with Gasteiger partial charge in [-0.25, -0.2) is 14.4 Å². The lowest BCUT2D eigenvalue weighted by Crippen LogP contribution is -2.36.